The Morgan fingerprint density at radius 2 is 1.83 bits per heavy atom. The third kappa shape index (κ3) is 3.58. The number of nitrogens with one attached hydrogen (secondary N) is 1. The van der Waals surface area contributed by atoms with Crippen molar-refractivity contribution in [3.05, 3.63) is 83.6 Å². The summed E-state index contributed by atoms with van der Waals surface area (Å²) in [6.07, 6.45) is 1.42. The second-order valence-corrected chi connectivity index (χ2v) is 7.02. The van der Waals surface area contributed by atoms with Gasteiger partial charge in [-0.1, -0.05) is 44.2 Å². The number of aromatic nitrogens is 3. The Bertz CT molecular complexity index is 1230. The molecule has 0 fully saturated rings. The highest BCUT2D eigenvalue weighted by atomic mass is 16.1. The van der Waals surface area contributed by atoms with Gasteiger partial charge in [0, 0.05) is 10.9 Å². The van der Waals surface area contributed by atoms with Crippen LogP contribution in [0.25, 0.3) is 16.7 Å². The summed E-state index contributed by atoms with van der Waals surface area (Å²) in [5, 5.41) is 17.5. The second-order valence-electron chi connectivity index (χ2n) is 7.02. The first-order valence-corrected chi connectivity index (χ1v) is 9.32. The van der Waals surface area contributed by atoms with E-state index in [9.17, 15) is 10.1 Å². The van der Waals surface area contributed by atoms with Crippen molar-refractivity contribution in [2.45, 2.75) is 19.8 Å². The summed E-state index contributed by atoms with van der Waals surface area (Å²) in [6, 6.07) is 21.0. The third-order valence-corrected chi connectivity index (χ3v) is 4.76. The van der Waals surface area contributed by atoms with Crippen LogP contribution in [0.1, 0.15) is 41.3 Å². The number of amides is 1. The maximum absolute atomic E-state index is 12.8. The number of benzene rings is 2. The number of anilines is 1. The van der Waals surface area contributed by atoms with Crippen LogP contribution < -0.4 is 5.32 Å². The number of hydrogen-bond acceptors (Lipinski definition) is 4. The van der Waals surface area contributed by atoms with Gasteiger partial charge in [-0.15, -0.1) is 0 Å². The monoisotopic (exact) mass is 381 g/mol. The van der Waals surface area contributed by atoms with Crippen LogP contribution in [0, 0.1) is 11.3 Å². The van der Waals surface area contributed by atoms with E-state index in [1.54, 1.807) is 12.1 Å². The molecule has 0 aliphatic rings. The summed E-state index contributed by atoms with van der Waals surface area (Å²) in [6.45, 7) is 4.20. The molecule has 29 heavy (non-hydrogen) atoms. The molecule has 4 aromatic rings. The Balaban J connectivity index is 1.69. The summed E-state index contributed by atoms with van der Waals surface area (Å²) in [5.74, 6) is 0.904. The van der Waals surface area contributed by atoms with Gasteiger partial charge in [0.25, 0.3) is 5.91 Å². The number of hydrogen-bond donors (Lipinski definition) is 1. The van der Waals surface area contributed by atoms with Crippen molar-refractivity contribution in [2.75, 3.05) is 5.32 Å². The highest BCUT2D eigenvalue weighted by molar-refractivity contribution is 6.04. The minimum absolute atomic E-state index is 0.270. The molecule has 1 N–H and O–H groups in total. The van der Waals surface area contributed by atoms with Crippen molar-refractivity contribution in [1.82, 2.24) is 14.8 Å². The zero-order valence-corrected chi connectivity index (χ0v) is 16.1. The van der Waals surface area contributed by atoms with E-state index >= 15 is 0 Å². The number of carbonyl (C=O) groups excluding carboxylic acids is 1. The molecule has 4 rings (SSSR count). The molecule has 0 bridgehead atoms. The average Bonchev–Trinajstić information content (AvgIpc) is 3.15. The molecule has 0 saturated carbocycles. The first kappa shape index (κ1) is 18.4. The van der Waals surface area contributed by atoms with Crippen molar-refractivity contribution in [1.29, 1.82) is 5.26 Å². The maximum atomic E-state index is 12.8. The molecule has 1 amide bonds. The summed E-state index contributed by atoms with van der Waals surface area (Å²) < 4.78 is 1.48. The van der Waals surface area contributed by atoms with Crippen molar-refractivity contribution < 1.29 is 4.79 Å². The third-order valence-electron chi connectivity index (χ3n) is 4.76. The molecule has 0 radical (unpaired) electrons. The Morgan fingerprint density at radius 3 is 2.55 bits per heavy atom. The van der Waals surface area contributed by atoms with Gasteiger partial charge in [0.05, 0.1) is 11.7 Å². The summed E-state index contributed by atoms with van der Waals surface area (Å²) in [4.78, 5) is 17.4. The van der Waals surface area contributed by atoms with E-state index in [1.165, 1.54) is 10.9 Å². The van der Waals surface area contributed by atoms with Crippen LogP contribution in [-0.2, 0) is 0 Å². The van der Waals surface area contributed by atoms with E-state index in [0.717, 1.165) is 16.5 Å². The fraction of sp³-hybridized carbons (Fsp3) is 0.130. The number of rotatable bonds is 4. The molecule has 142 valence electrons. The van der Waals surface area contributed by atoms with Crippen LogP contribution in [0.2, 0.25) is 0 Å². The standard InChI is InChI=1S/C23H19N5O/c1-15(2)16-7-9-18(10-8-16)23(29)27-22-19(13-24)14-25-28(22)21-12-11-17-5-3-4-6-20(17)26-21/h3-12,14-15H,1-2H3,(H,27,29). The molecule has 2 aromatic carbocycles. The van der Waals surface area contributed by atoms with E-state index in [-0.39, 0.29) is 11.5 Å². The molecule has 0 unspecified atom stereocenters. The Kier molecular flexibility index (Phi) is 4.80. The average molecular weight is 381 g/mol. The first-order valence-electron chi connectivity index (χ1n) is 9.32. The predicted molar refractivity (Wildman–Crippen MR) is 112 cm³/mol. The van der Waals surface area contributed by atoms with Crippen LogP contribution in [0.15, 0.2) is 66.9 Å². The number of para-hydroxylation sites is 1. The Labute approximate surface area is 168 Å². The molecule has 2 heterocycles. The van der Waals surface area contributed by atoms with E-state index in [0.29, 0.717) is 23.1 Å². The van der Waals surface area contributed by atoms with E-state index in [2.05, 4.69) is 35.3 Å². The van der Waals surface area contributed by atoms with Crippen molar-refractivity contribution in [3.8, 4) is 11.9 Å². The van der Waals surface area contributed by atoms with Crippen molar-refractivity contribution in [3.63, 3.8) is 0 Å². The van der Waals surface area contributed by atoms with Crippen LogP contribution >= 0.6 is 0 Å². The van der Waals surface area contributed by atoms with E-state index in [4.69, 9.17) is 0 Å². The lowest BCUT2D eigenvalue weighted by molar-refractivity contribution is 0.102. The van der Waals surface area contributed by atoms with E-state index < -0.39 is 0 Å². The first-order chi connectivity index (χ1) is 14.1. The topological polar surface area (TPSA) is 83.6 Å². The van der Waals surface area contributed by atoms with Gasteiger partial charge in [-0.2, -0.15) is 15.0 Å². The normalized spacial score (nSPS) is 10.8. The zero-order chi connectivity index (χ0) is 20.4. The minimum Gasteiger partial charge on any atom is -0.305 e. The molecule has 0 atom stereocenters. The Hall–Kier alpha value is -3.98. The highest BCUT2D eigenvalue weighted by Gasteiger charge is 2.17. The van der Waals surface area contributed by atoms with Gasteiger partial charge in [0.2, 0.25) is 0 Å². The van der Waals surface area contributed by atoms with Gasteiger partial charge < -0.3 is 5.32 Å². The number of fused-ring (bicyclic) bond motifs is 1. The maximum Gasteiger partial charge on any atom is 0.256 e. The van der Waals surface area contributed by atoms with Gasteiger partial charge in [0.1, 0.15) is 11.6 Å². The number of pyridine rings is 1. The largest absolute Gasteiger partial charge is 0.305 e. The zero-order valence-electron chi connectivity index (χ0n) is 16.1. The molecule has 6 heteroatoms. The lowest BCUT2D eigenvalue weighted by atomic mass is 10.0. The quantitative estimate of drug-likeness (QED) is 0.557. The smallest absolute Gasteiger partial charge is 0.256 e. The van der Waals surface area contributed by atoms with Gasteiger partial charge in [-0.05, 0) is 41.8 Å². The fourth-order valence-electron chi connectivity index (χ4n) is 3.10. The van der Waals surface area contributed by atoms with Gasteiger partial charge in [-0.3, -0.25) is 4.79 Å². The van der Waals surface area contributed by atoms with Crippen LogP contribution in [-0.4, -0.2) is 20.7 Å². The van der Waals surface area contributed by atoms with Crippen LogP contribution in [0.4, 0.5) is 5.82 Å². The lowest BCUT2D eigenvalue weighted by Gasteiger charge is -2.11. The molecule has 0 spiro atoms. The van der Waals surface area contributed by atoms with Gasteiger partial charge in [-0.25, -0.2) is 4.98 Å². The minimum atomic E-state index is -0.306. The molecule has 0 aliphatic carbocycles. The van der Waals surface area contributed by atoms with Gasteiger partial charge >= 0.3 is 0 Å². The van der Waals surface area contributed by atoms with Crippen molar-refractivity contribution in [2.24, 2.45) is 0 Å². The SMILES string of the molecule is CC(C)c1ccc(C(=O)Nc2c(C#N)cnn2-c2ccc3ccccc3n2)cc1. The molecular weight excluding hydrogens is 362 g/mol. The molecule has 2 aromatic heterocycles. The lowest BCUT2D eigenvalue weighted by Crippen LogP contribution is -2.16. The molecular formula is C23H19N5O. The van der Waals surface area contributed by atoms with Gasteiger partial charge in [0.15, 0.2) is 11.6 Å². The van der Waals surface area contributed by atoms with E-state index in [1.807, 2.05) is 48.5 Å². The fourth-order valence-corrected chi connectivity index (χ4v) is 3.10. The molecule has 0 aliphatic heterocycles. The number of nitrogens with zero attached hydrogens (tertiary/aromatic N) is 4. The molecule has 0 saturated heterocycles. The predicted octanol–water partition coefficient (Wildman–Crippen LogP) is 4.67. The highest BCUT2D eigenvalue weighted by Crippen LogP contribution is 2.22. The summed E-state index contributed by atoms with van der Waals surface area (Å²) >= 11 is 0. The Morgan fingerprint density at radius 1 is 1.07 bits per heavy atom. The van der Waals surface area contributed by atoms with Crippen molar-refractivity contribution >= 4 is 22.6 Å². The van der Waals surface area contributed by atoms with Crippen LogP contribution in [0.5, 0.6) is 0 Å². The molecule has 6 nitrogen and oxygen atoms in total. The number of nitriles is 1. The number of carbonyl (C=O) groups is 1. The summed E-state index contributed by atoms with van der Waals surface area (Å²) in [7, 11) is 0. The van der Waals surface area contributed by atoms with Crippen LogP contribution in [0.3, 0.4) is 0 Å². The summed E-state index contributed by atoms with van der Waals surface area (Å²) in [5.41, 5.74) is 2.75. The second kappa shape index (κ2) is 7.56.